The van der Waals surface area contributed by atoms with Crippen molar-refractivity contribution in [3.63, 3.8) is 0 Å². The van der Waals surface area contributed by atoms with E-state index in [1.54, 1.807) is 4.90 Å². The first-order valence-electron chi connectivity index (χ1n) is 6.56. The number of hydrogen-bond acceptors (Lipinski definition) is 3. The molecule has 5 heteroatoms. The second kappa shape index (κ2) is 5.69. The molecular weight excluding hydrogens is 232 g/mol. The molecule has 1 amide bonds. The molecule has 104 valence electrons. The van der Waals surface area contributed by atoms with Crippen LogP contribution >= 0.6 is 0 Å². The number of nitrogens with zero attached hydrogens (tertiary/aromatic N) is 1. The molecule has 1 saturated heterocycles. The van der Waals surface area contributed by atoms with Gasteiger partial charge in [-0.05, 0) is 25.7 Å². The van der Waals surface area contributed by atoms with Crippen LogP contribution in [0, 0.1) is 11.3 Å². The lowest BCUT2D eigenvalue weighted by Gasteiger charge is -2.28. The molecule has 0 bridgehead atoms. The summed E-state index contributed by atoms with van der Waals surface area (Å²) in [5.74, 6) is -0.739. The fourth-order valence-corrected chi connectivity index (χ4v) is 2.45. The third-order valence-corrected chi connectivity index (χ3v) is 4.00. The quantitative estimate of drug-likeness (QED) is 0.770. The molecule has 1 heterocycles. The van der Waals surface area contributed by atoms with Gasteiger partial charge in [-0.15, -0.1) is 0 Å². The Hall–Kier alpha value is -1.10. The van der Waals surface area contributed by atoms with Crippen LogP contribution in [0.25, 0.3) is 0 Å². The lowest BCUT2D eigenvalue weighted by molar-refractivity contribution is -0.151. The number of rotatable bonds is 5. The van der Waals surface area contributed by atoms with Crippen LogP contribution in [0.5, 0.6) is 0 Å². The molecule has 0 aliphatic carbocycles. The van der Waals surface area contributed by atoms with Gasteiger partial charge in [-0.1, -0.05) is 13.8 Å². The Morgan fingerprint density at radius 2 is 2.00 bits per heavy atom. The summed E-state index contributed by atoms with van der Waals surface area (Å²) in [6.07, 6.45) is 1.60. The van der Waals surface area contributed by atoms with Crippen molar-refractivity contribution in [2.45, 2.75) is 46.1 Å². The van der Waals surface area contributed by atoms with Crippen LogP contribution in [-0.4, -0.2) is 41.0 Å². The van der Waals surface area contributed by atoms with Crippen molar-refractivity contribution in [3.8, 4) is 0 Å². The zero-order valence-electron chi connectivity index (χ0n) is 11.5. The Bertz CT molecular complexity index is 328. The van der Waals surface area contributed by atoms with Crippen LogP contribution in [0.3, 0.4) is 0 Å². The maximum absolute atomic E-state index is 12.0. The molecule has 0 saturated carbocycles. The molecule has 18 heavy (non-hydrogen) atoms. The number of likely N-dealkylation sites (tertiary alicyclic amines) is 1. The van der Waals surface area contributed by atoms with Gasteiger partial charge in [0.15, 0.2) is 0 Å². The molecular formula is C13H24N2O3. The summed E-state index contributed by atoms with van der Waals surface area (Å²) >= 11 is 0. The zero-order valence-corrected chi connectivity index (χ0v) is 11.5. The molecule has 5 nitrogen and oxygen atoms in total. The highest BCUT2D eigenvalue weighted by atomic mass is 16.4. The number of hydrogen-bond donors (Lipinski definition) is 2. The molecule has 1 aliphatic rings. The Balaban J connectivity index is 2.64. The Labute approximate surface area is 108 Å². The number of nitrogens with two attached hydrogens (primary N) is 1. The van der Waals surface area contributed by atoms with Gasteiger partial charge < -0.3 is 15.7 Å². The van der Waals surface area contributed by atoms with Crippen molar-refractivity contribution in [2.75, 3.05) is 13.1 Å². The average Bonchev–Trinajstić information content (AvgIpc) is 2.71. The smallest absolute Gasteiger partial charge is 0.311 e. The molecule has 2 atom stereocenters. The first kappa shape index (κ1) is 15.0. The topological polar surface area (TPSA) is 83.6 Å². The van der Waals surface area contributed by atoms with E-state index in [2.05, 4.69) is 0 Å². The van der Waals surface area contributed by atoms with Crippen LogP contribution in [0.15, 0.2) is 0 Å². The van der Waals surface area contributed by atoms with Crippen molar-refractivity contribution in [2.24, 2.45) is 17.1 Å². The molecule has 3 N–H and O–H groups in total. The predicted octanol–water partition coefficient (Wildman–Crippen LogP) is 1.07. The maximum atomic E-state index is 12.0. The van der Waals surface area contributed by atoms with E-state index in [1.165, 1.54) is 0 Å². The molecule has 1 rings (SSSR count). The standard InChI is InChI=1S/C13H24N2O3/c1-9(2)13(12(17)18)6-7-15(8-13)11(16)5-4-10(3)14/h9-10H,4-8,14H2,1-3H3,(H,17,18). The Morgan fingerprint density at radius 3 is 2.39 bits per heavy atom. The molecule has 1 aliphatic heterocycles. The van der Waals surface area contributed by atoms with E-state index >= 15 is 0 Å². The van der Waals surface area contributed by atoms with Crippen LogP contribution in [0.4, 0.5) is 0 Å². The van der Waals surface area contributed by atoms with Crippen LogP contribution in [0.2, 0.25) is 0 Å². The summed E-state index contributed by atoms with van der Waals surface area (Å²) in [5.41, 5.74) is 4.85. The second-order valence-corrected chi connectivity index (χ2v) is 5.70. The van der Waals surface area contributed by atoms with Crippen LogP contribution in [-0.2, 0) is 9.59 Å². The minimum absolute atomic E-state index is 0.00545. The first-order valence-corrected chi connectivity index (χ1v) is 6.56. The predicted molar refractivity (Wildman–Crippen MR) is 69.0 cm³/mol. The van der Waals surface area contributed by atoms with Crippen molar-refractivity contribution in [3.05, 3.63) is 0 Å². The van der Waals surface area contributed by atoms with E-state index in [0.717, 1.165) is 0 Å². The lowest BCUT2D eigenvalue weighted by Crippen LogP contribution is -2.40. The van der Waals surface area contributed by atoms with Gasteiger partial charge in [-0.25, -0.2) is 0 Å². The number of carbonyl (C=O) groups is 2. The lowest BCUT2D eigenvalue weighted by atomic mass is 9.76. The van der Waals surface area contributed by atoms with Gasteiger partial charge >= 0.3 is 5.97 Å². The Morgan fingerprint density at radius 1 is 1.39 bits per heavy atom. The summed E-state index contributed by atoms with van der Waals surface area (Å²) in [7, 11) is 0. The second-order valence-electron chi connectivity index (χ2n) is 5.70. The highest BCUT2D eigenvalue weighted by Crippen LogP contribution is 2.38. The van der Waals surface area contributed by atoms with E-state index in [4.69, 9.17) is 5.73 Å². The van der Waals surface area contributed by atoms with Crippen LogP contribution in [0.1, 0.15) is 40.0 Å². The van der Waals surface area contributed by atoms with Gasteiger partial charge in [-0.2, -0.15) is 0 Å². The molecule has 0 aromatic heterocycles. The van der Waals surface area contributed by atoms with Gasteiger partial charge in [0.05, 0.1) is 5.41 Å². The summed E-state index contributed by atoms with van der Waals surface area (Å²) in [6, 6.07) is 0.00545. The van der Waals surface area contributed by atoms with E-state index in [0.29, 0.717) is 32.4 Å². The minimum atomic E-state index is -0.792. The molecule has 0 aromatic carbocycles. The fraction of sp³-hybridized carbons (Fsp3) is 0.846. The summed E-state index contributed by atoms with van der Waals surface area (Å²) in [6.45, 7) is 6.56. The van der Waals surface area contributed by atoms with Crippen molar-refractivity contribution in [1.29, 1.82) is 0 Å². The number of amides is 1. The highest BCUT2D eigenvalue weighted by molar-refractivity contribution is 5.80. The first-order chi connectivity index (χ1) is 8.29. The molecule has 0 aromatic rings. The molecule has 0 spiro atoms. The van der Waals surface area contributed by atoms with Gasteiger partial charge in [0.1, 0.15) is 0 Å². The zero-order chi connectivity index (χ0) is 13.9. The van der Waals surface area contributed by atoms with Crippen LogP contribution < -0.4 is 5.73 Å². The largest absolute Gasteiger partial charge is 0.481 e. The maximum Gasteiger partial charge on any atom is 0.311 e. The number of aliphatic carboxylic acids is 1. The van der Waals surface area contributed by atoms with E-state index in [-0.39, 0.29) is 17.9 Å². The Kier molecular flexibility index (Phi) is 4.73. The van der Waals surface area contributed by atoms with Gasteiger partial charge in [0, 0.05) is 25.6 Å². The number of carboxylic acids is 1. The minimum Gasteiger partial charge on any atom is -0.481 e. The fourth-order valence-electron chi connectivity index (χ4n) is 2.45. The van der Waals surface area contributed by atoms with E-state index in [9.17, 15) is 14.7 Å². The molecule has 1 fully saturated rings. The monoisotopic (exact) mass is 256 g/mol. The van der Waals surface area contributed by atoms with Gasteiger partial charge in [-0.3, -0.25) is 9.59 Å². The summed E-state index contributed by atoms with van der Waals surface area (Å²) in [5, 5.41) is 9.39. The third-order valence-electron chi connectivity index (χ3n) is 4.00. The normalized spacial score (nSPS) is 25.5. The van der Waals surface area contributed by atoms with Crippen molar-refractivity contribution >= 4 is 11.9 Å². The third kappa shape index (κ3) is 3.02. The summed E-state index contributed by atoms with van der Waals surface area (Å²) < 4.78 is 0. The van der Waals surface area contributed by atoms with Crippen molar-refractivity contribution < 1.29 is 14.7 Å². The molecule has 2 unspecified atom stereocenters. The van der Waals surface area contributed by atoms with E-state index < -0.39 is 11.4 Å². The SMILES string of the molecule is CC(N)CCC(=O)N1CCC(C(=O)O)(C(C)C)C1. The van der Waals surface area contributed by atoms with Gasteiger partial charge in [0.25, 0.3) is 0 Å². The van der Waals surface area contributed by atoms with E-state index in [1.807, 2.05) is 20.8 Å². The van der Waals surface area contributed by atoms with Crippen molar-refractivity contribution in [1.82, 2.24) is 4.90 Å². The molecule has 0 radical (unpaired) electrons. The average molecular weight is 256 g/mol. The number of carbonyl (C=O) groups excluding carboxylic acids is 1. The van der Waals surface area contributed by atoms with Gasteiger partial charge in [0.2, 0.25) is 5.91 Å². The number of carboxylic acid groups (broad SMARTS) is 1. The highest BCUT2D eigenvalue weighted by Gasteiger charge is 2.48. The summed E-state index contributed by atoms with van der Waals surface area (Å²) in [4.78, 5) is 25.1.